The number of hydrogen-bond donors (Lipinski definition) is 2. The van der Waals surface area contributed by atoms with Gasteiger partial charge in [0.05, 0.1) is 16.7 Å². The number of carbonyl (C=O) groups excluding carboxylic acids is 4. The quantitative estimate of drug-likeness (QED) is 0.414. The molecular formula is C33H38N4O7. The van der Waals surface area contributed by atoms with Crippen LogP contribution >= 0.6 is 0 Å². The Hall–Kier alpha value is -4.25. The van der Waals surface area contributed by atoms with E-state index < -0.39 is 35.6 Å². The van der Waals surface area contributed by atoms with Crippen molar-refractivity contribution < 1.29 is 33.8 Å². The normalized spacial score (nSPS) is 24.0. The Morgan fingerprint density at radius 3 is 2.30 bits per heavy atom. The zero-order valence-electron chi connectivity index (χ0n) is 25.0. The molecule has 11 heteroatoms. The lowest BCUT2D eigenvalue weighted by atomic mass is 9.85. The van der Waals surface area contributed by atoms with Gasteiger partial charge in [-0.05, 0) is 81.5 Å². The van der Waals surface area contributed by atoms with Gasteiger partial charge in [0.2, 0.25) is 11.8 Å². The van der Waals surface area contributed by atoms with Crippen molar-refractivity contribution in [3.8, 4) is 5.75 Å². The number of carboxylic acids is 1. The maximum Gasteiger partial charge on any atom is 0.335 e. The standard InChI is InChI=1S/C33H38N4O7/c1-19(2)36(18-20-11-13-35(14-12-20)22-5-3-21(4-6-22)33(42)43)23-15-25(16-23)44-24-7-8-26-27(17-24)32(41)37(31(26)40)28-9-10-29(38)34-30(28)39/h3-8,17,19-20,23,25,28H,9-16,18H2,1-2H3,(H,42,43)(H,34,38,39)/t23?,25?,28-/m1/s1. The third-order valence-electron chi connectivity index (χ3n) is 9.48. The van der Waals surface area contributed by atoms with Crippen LogP contribution in [0.2, 0.25) is 0 Å². The number of amides is 4. The number of ether oxygens (including phenoxy) is 1. The molecule has 2 aromatic carbocycles. The van der Waals surface area contributed by atoms with Gasteiger partial charge < -0.3 is 14.7 Å². The summed E-state index contributed by atoms with van der Waals surface area (Å²) < 4.78 is 6.24. The van der Waals surface area contributed by atoms with Crippen LogP contribution in [0.3, 0.4) is 0 Å². The summed E-state index contributed by atoms with van der Waals surface area (Å²) in [7, 11) is 0. The van der Waals surface area contributed by atoms with Crippen molar-refractivity contribution in [3.05, 3.63) is 59.2 Å². The van der Waals surface area contributed by atoms with Crippen LogP contribution < -0.4 is 15.0 Å². The van der Waals surface area contributed by atoms with Gasteiger partial charge in [-0.3, -0.25) is 34.3 Å². The second-order valence-electron chi connectivity index (χ2n) is 12.6. The van der Waals surface area contributed by atoms with Crippen molar-refractivity contribution in [2.75, 3.05) is 24.5 Å². The number of rotatable bonds is 9. The third kappa shape index (κ3) is 5.80. The second kappa shape index (κ2) is 12.0. The number of piperidine rings is 2. The zero-order valence-corrected chi connectivity index (χ0v) is 25.0. The maximum atomic E-state index is 13.2. The molecule has 0 aromatic heterocycles. The highest BCUT2D eigenvalue weighted by Gasteiger charge is 2.45. The van der Waals surface area contributed by atoms with Gasteiger partial charge in [-0.2, -0.15) is 0 Å². The number of anilines is 1. The molecule has 2 aromatic rings. The Morgan fingerprint density at radius 2 is 1.66 bits per heavy atom. The van der Waals surface area contributed by atoms with Gasteiger partial charge in [0.1, 0.15) is 17.9 Å². The summed E-state index contributed by atoms with van der Waals surface area (Å²) in [5, 5.41) is 11.4. The Morgan fingerprint density at radius 1 is 0.977 bits per heavy atom. The van der Waals surface area contributed by atoms with Crippen molar-refractivity contribution >= 4 is 35.3 Å². The Balaban J connectivity index is 1.01. The summed E-state index contributed by atoms with van der Waals surface area (Å²) in [5.41, 5.74) is 1.83. The van der Waals surface area contributed by atoms with E-state index in [0.29, 0.717) is 29.3 Å². The van der Waals surface area contributed by atoms with E-state index in [1.54, 1.807) is 30.3 Å². The predicted molar refractivity (Wildman–Crippen MR) is 161 cm³/mol. The molecule has 2 saturated heterocycles. The van der Waals surface area contributed by atoms with Gasteiger partial charge in [0, 0.05) is 56.7 Å². The molecule has 1 atom stereocenters. The molecule has 3 fully saturated rings. The molecule has 1 aliphatic carbocycles. The first-order valence-electron chi connectivity index (χ1n) is 15.5. The van der Waals surface area contributed by atoms with Crippen LogP contribution in [0.15, 0.2) is 42.5 Å². The van der Waals surface area contributed by atoms with Crippen LogP contribution in [0.1, 0.15) is 83.4 Å². The number of carboxylic acid groups (broad SMARTS) is 1. The zero-order chi connectivity index (χ0) is 31.1. The molecule has 11 nitrogen and oxygen atoms in total. The van der Waals surface area contributed by atoms with Gasteiger partial charge >= 0.3 is 5.97 Å². The Kier molecular flexibility index (Phi) is 8.15. The summed E-state index contributed by atoms with van der Waals surface area (Å²) in [6.45, 7) is 7.36. The average Bonchev–Trinajstić information content (AvgIpc) is 3.23. The molecule has 1 saturated carbocycles. The fourth-order valence-corrected chi connectivity index (χ4v) is 6.89. The highest BCUT2D eigenvalue weighted by Crippen LogP contribution is 2.35. The van der Waals surface area contributed by atoms with Crippen molar-refractivity contribution in [1.82, 2.24) is 15.1 Å². The lowest BCUT2D eigenvalue weighted by molar-refractivity contribution is -0.136. The number of hydrogen-bond acceptors (Lipinski definition) is 8. The lowest BCUT2D eigenvalue weighted by Gasteiger charge is -2.46. The minimum atomic E-state index is -0.989. The Labute approximate surface area is 256 Å². The SMILES string of the molecule is CC(C)N(CC1CCN(c2ccc(C(=O)O)cc2)CC1)C1CC(Oc2ccc3c(c2)C(=O)N([C@@H]2CCC(=O)NC2=O)C3=O)C1. The summed E-state index contributed by atoms with van der Waals surface area (Å²) in [5.74, 6) is -1.89. The molecule has 44 heavy (non-hydrogen) atoms. The van der Waals surface area contributed by atoms with Gasteiger partial charge in [0.25, 0.3) is 11.8 Å². The van der Waals surface area contributed by atoms with Crippen LogP contribution in [0, 0.1) is 5.92 Å². The molecular weight excluding hydrogens is 564 g/mol. The van der Waals surface area contributed by atoms with Crippen LogP contribution in [0.25, 0.3) is 0 Å². The number of benzene rings is 2. The van der Waals surface area contributed by atoms with E-state index in [4.69, 9.17) is 9.84 Å². The van der Waals surface area contributed by atoms with Crippen LogP contribution in [-0.2, 0) is 9.59 Å². The number of nitrogens with zero attached hydrogens (tertiary/aromatic N) is 3. The number of nitrogens with one attached hydrogen (secondary N) is 1. The van der Waals surface area contributed by atoms with Gasteiger partial charge in [0.15, 0.2) is 0 Å². The van der Waals surface area contributed by atoms with Crippen molar-refractivity contribution in [3.63, 3.8) is 0 Å². The first-order valence-corrected chi connectivity index (χ1v) is 15.5. The van der Waals surface area contributed by atoms with E-state index in [0.717, 1.165) is 55.9 Å². The van der Waals surface area contributed by atoms with E-state index in [9.17, 15) is 24.0 Å². The van der Waals surface area contributed by atoms with E-state index in [2.05, 4.69) is 29.0 Å². The molecule has 6 rings (SSSR count). The molecule has 0 unspecified atom stereocenters. The van der Waals surface area contributed by atoms with Crippen molar-refractivity contribution in [2.24, 2.45) is 5.92 Å². The largest absolute Gasteiger partial charge is 0.490 e. The first-order chi connectivity index (χ1) is 21.1. The summed E-state index contributed by atoms with van der Waals surface area (Å²) in [4.78, 5) is 67.0. The summed E-state index contributed by atoms with van der Waals surface area (Å²) in [6.07, 6.45) is 4.12. The monoisotopic (exact) mass is 602 g/mol. The Bertz CT molecular complexity index is 1480. The smallest absolute Gasteiger partial charge is 0.335 e. The minimum Gasteiger partial charge on any atom is -0.490 e. The fraction of sp³-hybridized carbons (Fsp3) is 0.485. The molecule has 0 bridgehead atoms. The van der Waals surface area contributed by atoms with Crippen LogP contribution in [-0.4, -0.2) is 88.4 Å². The molecule has 0 radical (unpaired) electrons. The molecule has 2 N–H and O–H groups in total. The van der Waals surface area contributed by atoms with E-state index in [-0.39, 0.29) is 30.1 Å². The number of carbonyl (C=O) groups is 5. The van der Waals surface area contributed by atoms with Gasteiger partial charge in [-0.25, -0.2) is 4.79 Å². The highest BCUT2D eigenvalue weighted by atomic mass is 16.5. The molecule has 232 valence electrons. The highest BCUT2D eigenvalue weighted by molar-refractivity contribution is 6.23. The minimum absolute atomic E-state index is 0.00775. The van der Waals surface area contributed by atoms with Crippen LogP contribution in [0.5, 0.6) is 5.75 Å². The lowest BCUT2D eigenvalue weighted by Crippen LogP contribution is -2.54. The molecule has 0 spiro atoms. The fourth-order valence-electron chi connectivity index (χ4n) is 6.89. The summed E-state index contributed by atoms with van der Waals surface area (Å²) >= 11 is 0. The predicted octanol–water partition coefficient (Wildman–Crippen LogP) is 3.32. The summed E-state index contributed by atoms with van der Waals surface area (Å²) in [6, 6.07) is 11.8. The van der Waals surface area contributed by atoms with E-state index >= 15 is 0 Å². The van der Waals surface area contributed by atoms with E-state index in [1.807, 2.05) is 12.1 Å². The topological polar surface area (TPSA) is 137 Å². The molecule has 4 amide bonds. The maximum absolute atomic E-state index is 13.2. The van der Waals surface area contributed by atoms with Crippen molar-refractivity contribution in [1.29, 1.82) is 0 Å². The molecule has 3 heterocycles. The van der Waals surface area contributed by atoms with E-state index in [1.165, 1.54) is 0 Å². The average molecular weight is 603 g/mol. The van der Waals surface area contributed by atoms with Gasteiger partial charge in [-0.15, -0.1) is 0 Å². The third-order valence-corrected chi connectivity index (χ3v) is 9.48. The second-order valence-corrected chi connectivity index (χ2v) is 12.6. The number of fused-ring (bicyclic) bond motifs is 1. The number of imide groups is 2. The number of aromatic carboxylic acids is 1. The first kappa shape index (κ1) is 29.8. The molecule has 3 aliphatic heterocycles. The van der Waals surface area contributed by atoms with Crippen molar-refractivity contribution in [2.45, 2.75) is 76.6 Å². The molecule has 4 aliphatic rings. The van der Waals surface area contributed by atoms with Crippen LogP contribution in [0.4, 0.5) is 5.69 Å². The van der Waals surface area contributed by atoms with Gasteiger partial charge in [-0.1, -0.05) is 0 Å².